The molecule has 0 saturated heterocycles. The zero-order valence-electron chi connectivity index (χ0n) is 18.0. The van der Waals surface area contributed by atoms with Crippen LogP contribution in [-0.2, 0) is 20.2 Å². The lowest BCUT2D eigenvalue weighted by atomic mass is 9.80. The van der Waals surface area contributed by atoms with Crippen molar-refractivity contribution in [1.29, 1.82) is 0 Å². The lowest BCUT2D eigenvalue weighted by Crippen LogP contribution is -2.51. The SMILES string of the molecule is CC(=O)N1c2ccc(OCCO[S+](C)C(C)(C)C)cc2[C@H](N)[C@@H](C)[C@@H]1C1CC1. The van der Waals surface area contributed by atoms with Crippen molar-refractivity contribution in [2.45, 2.75) is 64.3 Å². The zero-order valence-corrected chi connectivity index (χ0v) is 18.8. The first kappa shape index (κ1) is 21.5. The van der Waals surface area contributed by atoms with Crippen LogP contribution in [0.1, 0.15) is 59.1 Å². The van der Waals surface area contributed by atoms with Gasteiger partial charge in [-0.1, -0.05) is 6.92 Å². The van der Waals surface area contributed by atoms with Gasteiger partial charge in [0, 0.05) is 24.7 Å². The van der Waals surface area contributed by atoms with E-state index < -0.39 is 0 Å². The minimum absolute atomic E-state index is 0.0848. The first-order valence-electron chi connectivity index (χ1n) is 10.2. The summed E-state index contributed by atoms with van der Waals surface area (Å²) in [7, 11) is 0. The van der Waals surface area contributed by atoms with E-state index in [0.29, 0.717) is 19.1 Å². The molecule has 156 valence electrons. The number of nitrogens with zero attached hydrogens (tertiary/aromatic N) is 1. The van der Waals surface area contributed by atoms with Crippen molar-refractivity contribution in [2.24, 2.45) is 17.6 Å². The third kappa shape index (κ3) is 4.50. The van der Waals surface area contributed by atoms with Gasteiger partial charge in [-0.3, -0.25) is 4.79 Å². The smallest absolute Gasteiger partial charge is 0.224 e. The topological polar surface area (TPSA) is 64.8 Å². The molecule has 1 aromatic carbocycles. The maximum atomic E-state index is 12.4. The monoisotopic (exact) mass is 407 g/mol. The summed E-state index contributed by atoms with van der Waals surface area (Å²) in [5.41, 5.74) is 8.55. The molecule has 1 aliphatic heterocycles. The van der Waals surface area contributed by atoms with Crippen molar-refractivity contribution in [3.63, 3.8) is 0 Å². The van der Waals surface area contributed by atoms with E-state index in [4.69, 9.17) is 14.7 Å². The molecule has 1 fully saturated rings. The van der Waals surface area contributed by atoms with Gasteiger partial charge in [-0.2, -0.15) is 4.18 Å². The number of nitrogens with two attached hydrogens (primary N) is 1. The molecule has 1 aliphatic carbocycles. The van der Waals surface area contributed by atoms with Crippen LogP contribution in [0.5, 0.6) is 5.75 Å². The Morgan fingerprint density at radius 1 is 1.29 bits per heavy atom. The van der Waals surface area contributed by atoms with Crippen LogP contribution in [-0.4, -0.2) is 36.2 Å². The Bertz CT molecular complexity index is 714. The highest BCUT2D eigenvalue weighted by Crippen LogP contribution is 2.48. The number of hydrogen-bond acceptors (Lipinski definition) is 4. The van der Waals surface area contributed by atoms with Gasteiger partial charge >= 0.3 is 0 Å². The molecule has 6 heteroatoms. The molecule has 0 bridgehead atoms. The molecule has 1 aromatic rings. The molecule has 0 spiro atoms. The summed E-state index contributed by atoms with van der Waals surface area (Å²) in [4.78, 5) is 14.4. The van der Waals surface area contributed by atoms with Crippen LogP contribution < -0.4 is 15.4 Å². The van der Waals surface area contributed by atoms with Crippen LogP contribution in [0.15, 0.2) is 18.2 Å². The Hall–Kier alpha value is -1.24. The van der Waals surface area contributed by atoms with Gasteiger partial charge in [0.15, 0.2) is 4.75 Å². The van der Waals surface area contributed by atoms with Crippen LogP contribution in [0.2, 0.25) is 0 Å². The molecule has 1 saturated carbocycles. The van der Waals surface area contributed by atoms with Crippen LogP contribution in [0.3, 0.4) is 0 Å². The third-order valence-corrected chi connectivity index (χ3v) is 8.18. The maximum absolute atomic E-state index is 12.4. The predicted octanol–water partition coefficient (Wildman–Crippen LogP) is 3.82. The second kappa shape index (κ2) is 8.25. The van der Waals surface area contributed by atoms with Crippen LogP contribution in [0.25, 0.3) is 0 Å². The van der Waals surface area contributed by atoms with E-state index in [1.165, 1.54) is 12.8 Å². The van der Waals surface area contributed by atoms with Crippen LogP contribution in [0, 0.1) is 11.8 Å². The van der Waals surface area contributed by atoms with Crippen molar-refractivity contribution in [2.75, 3.05) is 24.4 Å². The lowest BCUT2D eigenvalue weighted by Gasteiger charge is -2.44. The fraction of sp³-hybridized carbons (Fsp3) is 0.682. The first-order chi connectivity index (χ1) is 13.1. The van der Waals surface area contributed by atoms with Crippen molar-refractivity contribution in [3.8, 4) is 5.75 Å². The lowest BCUT2D eigenvalue weighted by molar-refractivity contribution is -0.117. The van der Waals surface area contributed by atoms with Crippen LogP contribution in [0.4, 0.5) is 5.69 Å². The minimum Gasteiger partial charge on any atom is -0.491 e. The largest absolute Gasteiger partial charge is 0.491 e. The predicted molar refractivity (Wildman–Crippen MR) is 117 cm³/mol. The normalized spacial score (nSPS) is 26.0. The van der Waals surface area contributed by atoms with E-state index in [1.807, 2.05) is 23.1 Å². The van der Waals surface area contributed by atoms with Gasteiger partial charge in [0.25, 0.3) is 0 Å². The van der Waals surface area contributed by atoms with Gasteiger partial charge in [-0.05, 0) is 69.2 Å². The Morgan fingerprint density at radius 2 is 1.96 bits per heavy atom. The van der Waals surface area contributed by atoms with E-state index in [9.17, 15) is 4.79 Å². The summed E-state index contributed by atoms with van der Waals surface area (Å²) in [6.45, 7) is 11.4. The Kier molecular flexibility index (Phi) is 6.32. The number of amides is 1. The fourth-order valence-electron chi connectivity index (χ4n) is 3.95. The highest BCUT2D eigenvalue weighted by atomic mass is 32.2. The van der Waals surface area contributed by atoms with Crippen molar-refractivity contribution in [3.05, 3.63) is 23.8 Å². The summed E-state index contributed by atoms with van der Waals surface area (Å²) in [5, 5.41) is 0. The average Bonchev–Trinajstić information content (AvgIpc) is 3.45. The van der Waals surface area contributed by atoms with E-state index >= 15 is 0 Å². The van der Waals surface area contributed by atoms with E-state index in [2.05, 4.69) is 34.0 Å². The van der Waals surface area contributed by atoms with Gasteiger partial charge in [-0.25, -0.2) is 0 Å². The summed E-state index contributed by atoms with van der Waals surface area (Å²) >= 11 is -0.115. The van der Waals surface area contributed by atoms with Gasteiger partial charge in [0.2, 0.25) is 5.91 Å². The summed E-state index contributed by atoms with van der Waals surface area (Å²) in [6.07, 6.45) is 4.50. The summed E-state index contributed by atoms with van der Waals surface area (Å²) in [5.74, 6) is 1.69. The number of ether oxygens (including phenoxy) is 1. The highest BCUT2D eigenvalue weighted by molar-refractivity contribution is 7.93. The van der Waals surface area contributed by atoms with Crippen molar-refractivity contribution >= 4 is 22.8 Å². The molecule has 3 rings (SSSR count). The number of carbonyl (C=O) groups is 1. The number of rotatable bonds is 6. The fourth-order valence-corrected chi connectivity index (χ4v) is 4.62. The Labute approximate surface area is 172 Å². The molecular formula is C22H35N2O3S+. The number of hydrogen-bond donors (Lipinski definition) is 1. The number of fused-ring (bicyclic) bond motifs is 1. The number of anilines is 1. The second-order valence-electron chi connectivity index (χ2n) is 9.06. The zero-order chi connectivity index (χ0) is 20.6. The Balaban J connectivity index is 1.70. The maximum Gasteiger partial charge on any atom is 0.224 e. The quantitative estimate of drug-likeness (QED) is 0.575. The van der Waals surface area contributed by atoms with Gasteiger partial charge in [-0.15, -0.1) is 0 Å². The second-order valence-corrected chi connectivity index (χ2v) is 11.4. The van der Waals surface area contributed by atoms with E-state index in [0.717, 1.165) is 17.0 Å². The number of benzene rings is 1. The summed E-state index contributed by atoms with van der Waals surface area (Å²) < 4.78 is 12.0. The minimum atomic E-state index is -0.115. The number of carbonyl (C=O) groups excluding carboxylic acids is 1. The molecule has 4 atom stereocenters. The van der Waals surface area contributed by atoms with Gasteiger partial charge in [0.05, 0.1) is 0 Å². The standard InChI is InChI=1S/C22H35N2O3S/c1-14-20(23)18-13-17(26-11-12-27-28(6)22(3,4)5)9-10-19(18)24(15(2)25)21(14)16-7-8-16/h9-10,13-14,16,20-21H,7-8,11-12,23H2,1-6H3/q+1/t14-,20-,21-,28?/m1/s1. The first-order valence-corrected chi connectivity index (χ1v) is 11.8. The van der Waals surface area contributed by atoms with E-state index in [1.54, 1.807) is 6.92 Å². The van der Waals surface area contributed by atoms with Crippen molar-refractivity contribution < 1.29 is 13.7 Å². The molecule has 1 unspecified atom stereocenters. The van der Waals surface area contributed by atoms with Crippen LogP contribution >= 0.6 is 0 Å². The average molecular weight is 408 g/mol. The third-order valence-electron chi connectivity index (χ3n) is 5.94. The molecule has 0 aromatic heterocycles. The molecule has 0 radical (unpaired) electrons. The van der Waals surface area contributed by atoms with Gasteiger partial charge in [0.1, 0.15) is 36.4 Å². The highest BCUT2D eigenvalue weighted by Gasteiger charge is 2.46. The molecule has 2 aliphatic rings. The van der Waals surface area contributed by atoms with Gasteiger partial charge < -0.3 is 15.4 Å². The molecular weight excluding hydrogens is 372 g/mol. The van der Waals surface area contributed by atoms with Crippen molar-refractivity contribution in [1.82, 2.24) is 0 Å². The molecule has 1 heterocycles. The molecule has 2 N–H and O–H groups in total. The molecule has 5 nitrogen and oxygen atoms in total. The molecule has 28 heavy (non-hydrogen) atoms. The summed E-state index contributed by atoms with van der Waals surface area (Å²) in [6, 6.07) is 6.06. The molecule has 1 amide bonds. The Morgan fingerprint density at radius 3 is 2.54 bits per heavy atom. The van der Waals surface area contributed by atoms with E-state index in [-0.39, 0.29) is 39.8 Å².